The fourth-order valence-electron chi connectivity index (χ4n) is 5.26. The number of pyridine rings is 2. The maximum absolute atomic E-state index is 5.19. The van der Waals surface area contributed by atoms with Gasteiger partial charge in [0, 0.05) is 38.8 Å². The Morgan fingerprint density at radius 3 is 2.08 bits per heavy atom. The predicted octanol–water partition coefficient (Wildman–Crippen LogP) is 6.18. The molecule has 0 aliphatic rings. The second-order valence-corrected chi connectivity index (χ2v) is 10.1. The van der Waals surface area contributed by atoms with Gasteiger partial charge in [-0.2, -0.15) is 0 Å². The van der Waals surface area contributed by atoms with Crippen molar-refractivity contribution >= 4 is 65.5 Å². The Kier molecular flexibility index (Phi) is 5.11. The van der Waals surface area contributed by atoms with Crippen molar-refractivity contribution in [1.29, 1.82) is 0 Å². The lowest BCUT2D eigenvalue weighted by Crippen LogP contribution is -2.51. The number of nitrogens with zero attached hydrogens (tertiary/aromatic N) is 2. The van der Waals surface area contributed by atoms with Gasteiger partial charge < -0.3 is 0 Å². The zero-order chi connectivity index (χ0) is 23.9. The van der Waals surface area contributed by atoms with Crippen LogP contribution in [-0.4, -0.2) is 16.7 Å². The van der Waals surface area contributed by atoms with Gasteiger partial charge in [-0.15, -0.1) is 11.3 Å². The molecule has 0 bridgehead atoms. The summed E-state index contributed by atoms with van der Waals surface area (Å²) in [6, 6.07) is 41.1. The molecule has 0 aliphatic heterocycles. The van der Waals surface area contributed by atoms with Crippen molar-refractivity contribution in [3.05, 3.63) is 128 Å². The van der Waals surface area contributed by atoms with E-state index < -0.39 is 0 Å². The minimum Gasteiger partial charge on any atom is -0.264 e. The molecule has 7 rings (SSSR count). The molecule has 0 aliphatic carbocycles. The molecule has 4 heteroatoms. The molecule has 0 amide bonds. The van der Waals surface area contributed by atoms with Crippen LogP contribution in [0, 0.1) is 0 Å². The summed E-state index contributed by atoms with van der Waals surface area (Å²) in [5.41, 5.74) is 6.97. The molecule has 3 heterocycles. The smallest absolute Gasteiger partial charge is 0.241 e. The number of aromatic nitrogens is 2. The van der Waals surface area contributed by atoms with E-state index in [9.17, 15) is 0 Å². The molecule has 4 aromatic carbocycles. The molecule has 0 saturated heterocycles. The first-order valence-electron chi connectivity index (χ1n) is 12.1. The maximum Gasteiger partial charge on any atom is 0.241 e. The van der Waals surface area contributed by atoms with Gasteiger partial charge in [0.25, 0.3) is 0 Å². The fraction of sp³-hybridized carbons (Fsp3) is 0. The summed E-state index contributed by atoms with van der Waals surface area (Å²) in [6.45, 7) is 0.148. The van der Waals surface area contributed by atoms with E-state index in [1.54, 1.807) is 0 Å². The van der Waals surface area contributed by atoms with Gasteiger partial charge in [-0.1, -0.05) is 120 Å². The normalized spacial score (nSPS) is 11.3. The summed E-state index contributed by atoms with van der Waals surface area (Å²) in [6.07, 6.45) is 3.78. The number of hydrogen-bond donors (Lipinski definition) is 0. The van der Waals surface area contributed by atoms with Crippen LogP contribution < -0.4 is 16.4 Å². The Labute approximate surface area is 214 Å². The van der Waals surface area contributed by atoms with Crippen LogP contribution in [0.25, 0.3) is 42.3 Å². The summed E-state index contributed by atoms with van der Waals surface area (Å²) in [5.74, 6) is 0. The van der Waals surface area contributed by atoms with Crippen LogP contribution in [0.2, 0.25) is 0 Å². The lowest BCUT2D eigenvalue weighted by molar-refractivity contribution is 1.34. The third kappa shape index (κ3) is 3.50. The molecule has 0 radical (unpaired) electrons. The molecule has 168 valence electrons. The van der Waals surface area contributed by atoms with Gasteiger partial charge in [0.1, 0.15) is 0 Å². The van der Waals surface area contributed by atoms with Gasteiger partial charge in [0.2, 0.25) is 6.71 Å². The van der Waals surface area contributed by atoms with E-state index in [0.29, 0.717) is 0 Å². The fourth-order valence-corrected chi connectivity index (χ4v) is 6.49. The molecule has 0 fully saturated rings. The molecule has 0 N–H and O–H groups in total. The zero-order valence-electron chi connectivity index (χ0n) is 19.5. The Balaban J connectivity index is 1.48. The molecular formula is C32H21BN2S. The topological polar surface area (TPSA) is 25.8 Å². The first-order valence-corrected chi connectivity index (χ1v) is 12.9. The first-order chi connectivity index (χ1) is 17.9. The van der Waals surface area contributed by atoms with E-state index in [2.05, 4.69) is 114 Å². The van der Waals surface area contributed by atoms with Crippen molar-refractivity contribution in [1.82, 2.24) is 9.97 Å². The van der Waals surface area contributed by atoms with Gasteiger partial charge >= 0.3 is 0 Å². The van der Waals surface area contributed by atoms with E-state index in [0.717, 1.165) is 22.2 Å². The summed E-state index contributed by atoms with van der Waals surface area (Å²) in [5, 5.41) is 3.62. The third-order valence-electron chi connectivity index (χ3n) is 6.87. The van der Waals surface area contributed by atoms with E-state index >= 15 is 0 Å². The zero-order valence-corrected chi connectivity index (χ0v) is 20.3. The largest absolute Gasteiger partial charge is 0.264 e. The molecular weight excluding hydrogens is 455 g/mol. The summed E-state index contributed by atoms with van der Waals surface area (Å²) in [4.78, 5) is 9.61. The van der Waals surface area contributed by atoms with Crippen molar-refractivity contribution in [3.8, 4) is 11.3 Å². The lowest BCUT2D eigenvalue weighted by Gasteiger charge is -2.17. The average molecular weight is 476 g/mol. The minimum absolute atomic E-state index is 0.148. The first kappa shape index (κ1) is 21.0. The van der Waals surface area contributed by atoms with E-state index in [1.165, 1.54) is 36.6 Å². The lowest BCUT2D eigenvalue weighted by atomic mass is 9.37. The molecule has 3 aromatic heterocycles. The van der Waals surface area contributed by atoms with Crippen molar-refractivity contribution in [3.63, 3.8) is 0 Å². The standard InChI is InChI=1S/C32H21BN2S/c1-3-11-23(12-4-1)33(24-13-5-2-6-14-24)25-15-9-10-22(20-25)31-32-30(26-16-7-8-17-29(26)36-32)27-21-34-19-18-28(27)35-31/h1-21H. The van der Waals surface area contributed by atoms with Gasteiger partial charge in [0.05, 0.1) is 15.9 Å². The maximum atomic E-state index is 5.19. The quantitative estimate of drug-likeness (QED) is 0.284. The summed E-state index contributed by atoms with van der Waals surface area (Å²) >= 11 is 1.81. The number of hydrogen-bond acceptors (Lipinski definition) is 3. The predicted molar refractivity (Wildman–Crippen MR) is 155 cm³/mol. The van der Waals surface area contributed by atoms with Gasteiger partial charge in [0.15, 0.2) is 0 Å². The number of rotatable bonds is 4. The van der Waals surface area contributed by atoms with Crippen LogP contribution in [-0.2, 0) is 0 Å². The second kappa shape index (κ2) is 8.74. The van der Waals surface area contributed by atoms with Crippen LogP contribution in [0.5, 0.6) is 0 Å². The Bertz CT molecular complexity index is 1810. The van der Waals surface area contributed by atoms with E-state index in [-0.39, 0.29) is 6.71 Å². The second-order valence-electron chi connectivity index (χ2n) is 9.04. The Hall–Kier alpha value is -4.28. The highest BCUT2D eigenvalue weighted by molar-refractivity contribution is 7.26. The summed E-state index contributed by atoms with van der Waals surface area (Å²) < 4.78 is 2.49. The molecule has 0 spiro atoms. The summed E-state index contributed by atoms with van der Waals surface area (Å²) in [7, 11) is 0. The van der Waals surface area contributed by atoms with Crippen LogP contribution in [0.15, 0.2) is 128 Å². The highest BCUT2D eigenvalue weighted by Crippen LogP contribution is 2.42. The Morgan fingerprint density at radius 2 is 1.31 bits per heavy atom. The van der Waals surface area contributed by atoms with Crippen LogP contribution in [0.1, 0.15) is 0 Å². The van der Waals surface area contributed by atoms with Gasteiger partial charge in [-0.25, -0.2) is 4.98 Å². The van der Waals surface area contributed by atoms with E-state index in [1.807, 2.05) is 29.8 Å². The number of thiophene rings is 1. The van der Waals surface area contributed by atoms with Crippen molar-refractivity contribution in [2.45, 2.75) is 0 Å². The third-order valence-corrected chi connectivity index (χ3v) is 8.05. The van der Waals surface area contributed by atoms with Crippen molar-refractivity contribution < 1.29 is 0 Å². The molecule has 0 atom stereocenters. The van der Waals surface area contributed by atoms with Gasteiger partial charge in [-0.05, 0) is 12.1 Å². The molecule has 36 heavy (non-hydrogen) atoms. The van der Waals surface area contributed by atoms with Gasteiger partial charge in [-0.3, -0.25) is 4.98 Å². The molecule has 0 unspecified atom stereocenters. The number of fused-ring (bicyclic) bond motifs is 5. The minimum atomic E-state index is 0.148. The van der Waals surface area contributed by atoms with Crippen molar-refractivity contribution in [2.75, 3.05) is 0 Å². The molecule has 2 nitrogen and oxygen atoms in total. The Morgan fingerprint density at radius 1 is 0.611 bits per heavy atom. The van der Waals surface area contributed by atoms with Crippen molar-refractivity contribution in [2.24, 2.45) is 0 Å². The van der Waals surface area contributed by atoms with Crippen LogP contribution in [0.3, 0.4) is 0 Å². The SMILES string of the molecule is c1ccc(B(c2ccccc2)c2cccc(-c3nc4ccncc4c4c3sc3ccccc34)c2)cc1. The van der Waals surface area contributed by atoms with Crippen LogP contribution >= 0.6 is 11.3 Å². The highest BCUT2D eigenvalue weighted by atomic mass is 32.1. The molecule has 0 saturated carbocycles. The monoisotopic (exact) mass is 476 g/mol. The van der Waals surface area contributed by atoms with E-state index in [4.69, 9.17) is 4.98 Å². The molecule has 7 aromatic rings. The number of benzene rings is 4. The van der Waals surface area contributed by atoms with Crippen LogP contribution in [0.4, 0.5) is 0 Å². The average Bonchev–Trinajstić information content (AvgIpc) is 3.34. The highest BCUT2D eigenvalue weighted by Gasteiger charge is 2.23.